The number of halogens is 1. The molecule has 1 unspecified atom stereocenters. The van der Waals surface area contributed by atoms with Gasteiger partial charge in [0.25, 0.3) is 0 Å². The maximum absolute atomic E-state index is 12.8. The third-order valence-electron chi connectivity index (χ3n) is 3.57. The van der Waals surface area contributed by atoms with Crippen LogP contribution in [-0.4, -0.2) is 34.6 Å². The number of aryl methyl sites for hydroxylation is 1. The largest absolute Gasteiger partial charge is 0.388 e. The molecule has 1 N–H and O–H groups in total. The van der Waals surface area contributed by atoms with Crippen LogP contribution in [0.25, 0.3) is 0 Å². The zero-order valence-electron chi connectivity index (χ0n) is 11.2. The van der Waals surface area contributed by atoms with Crippen molar-refractivity contribution in [1.82, 2.24) is 4.90 Å². The van der Waals surface area contributed by atoms with Crippen LogP contribution in [0.1, 0.15) is 31.7 Å². The average Bonchev–Trinajstić information content (AvgIpc) is 2.36. The summed E-state index contributed by atoms with van der Waals surface area (Å²) in [5.41, 5.74) is 0.197. The van der Waals surface area contributed by atoms with Crippen LogP contribution in [0.3, 0.4) is 0 Å². The molecule has 1 amide bonds. The lowest BCUT2D eigenvalue weighted by molar-refractivity contribution is -0.137. The Labute approximate surface area is 113 Å². The van der Waals surface area contributed by atoms with Crippen LogP contribution in [-0.2, 0) is 11.2 Å². The number of β-amino-alcohol motifs (C(OH)–C–C–N with tert-alkyl or cyclic N) is 1. The highest BCUT2D eigenvalue weighted by Gasteiger charge is 2.30. The molecule has 1 aromatic rings. The maximum atomic E-state index is 12.8. The van der Waals surface area contributed by atoms with Gasteiger partial charge in [-0.1, -0.05) is 12.1 Å². The van der Waals surface area contributed by atoms with Crippen molar-refractivity contribution < 1.29 is 14.3 Å². The number of hydrogen-bond donors (Lipinski definition) is 1. The highest BCUT2D eigenvalue weighted by atomic mass is 19.1. The Morgan fingerprint density at radius 3 is 2.74 bits per heavy atom. The van der Waals surface area contributed by atoms with E-state index in [1.807, 2.05) is 0 Å². The Morgan fingerprint density at radius 1 is 1.42 bits per heavy atom. The van der Waals surface area contributed by atoms with Gasteiger partial charge in [-0.15, -0.1) is 0 Å². The van der Waals surface area contributed by atoms with Crippen molar-refractivity contribution in [2.75, 3.05) is 13.1 Å². The molecular formula is C15H20FNO2. The van der Waals surface area contributed by atoms with E-state index in [0.717, 1.165) is 24.9 Å². The minimum atomic E-state index is -0.760. The summed E-state index contributed by atoms with van der Waals surface area (Å²) < 4.78 is 12.8. The summed E-state index contributed by atoms with van der Waals surface area (Å²) in [4.78, 5) is 13.8. The lowest BCUT2D eigenvalue weighted by Crippen LogP contribution is -2.48. The Kier molecular flexibility index (Phi) is 4.20. The molecule has 2 rings (SSSR count). The van der Waals surface area contributed by atoms with Crippen molar-refractivity contribution >= 4 is 5.91 Å². The van der Waals surface area contributed by atoms with Gasteiger partial charge < -0.3 is 10.0 Å². The van der Waals surface area contributed by atoms with Crippen LogP contribution in [0.15, 0.2) is 24.3 Å². The Balaban J connectivity index is 1.85. The molecule has 19 heavy (non-hydrogen) atoms. The summed E-state index contributed by atoms with van der Waals surface area (Å²) in [6.07, 6.45) is 2.60. The van der Waals surface area contributed by atoms with Gasteiger partial charge in [-0.3, -0.25) is 4.79 Å². The molecule has 0 bridgehead atoms. The van der Waals surface area contributed by atoms with Crippen molar-refractivity contribution in [3.63, 3.8) is 0 Å². The van der Waals surface area contributed by atoms with Crippen molar-refractivity contribution in [1.29, 1.82) is 0 Å². The number of rotatable bonds is 3. The van der Waals surface area contributed by atoms with Gasteiger partial charge in [0, 0.05) is 19.5 Å². The number of piperidine rings is 1. The highest BCUT2D eigenvalue weighted by Crippen LogP contribution is 2.21. The van der Waals surface area contributed by atoms with Gasteiger partial charge in [0.15, 0.2) is 0 Å². The average molecular weight is 265 g/mol. The molecule has 1 fully saturated rings. The molecule has 0 spiro atoms. The fourth-order valence-corrected chi connectivity index (χ4v) is 2.49. The number of hydrogen-bond acceptors (Lipinski definition) is 2. The highest BCUT2D eigenvalue weighted by molar-refractivity contribution is 5.76. The van der Waals surface area contributed by atoms with E-state index in [-0.39, 0.29) is 11.7 Å². The molecule has 1 aromatic carbocycles. The van der Waals surface area contributed by atoms with Crippen molar-refractivity contribution in [3.8, 4) is 0 Å². The first-order chi connectivity index (χ1) is 8.96. The maximum Gasteiger partial charge on any atom is 0.222 e. The minimum Gasteiger partial charge on any atom is -0.388 e. The number of carbonyl (C=O) groups is 1. The SMILES string of the molecule is CC1(O)CCCN(C(=O)CCc2ccc(F)cc2)C1. The first-order valence-corrected chi connectivity index (χ1v) is 6.71. The standard InChI is InChI=1S/C15H20FNO2/c1-15(19)9-2-10-17(11-15)14(18)8-5-12-3-6-13(16)7-4-12/h3-4,6-7,19H,2,5,8-11H2,1H3. The zero-order chi connectivity index (χ0) is 13.9. The van der Waals surface area contributed by atoms with E-state index < -0.39 is 5.60 Å². The zero-order valence-corrected chi connectivity index (χ0v) is 11.2. The lowest BCUT2D eigenvalue weighted by Gasteiger charge is -2.36. The van der Waals surface area contributed by atoms with E-state index in [1.165, 1.54) is 12.1 Å². The van der Waals surface area contributed by atoms with E-state index in [1.54, 1.807) is 24.0 Å². The number of amides is 1. The Hall–Kier alpha value is -1.42. The van der Waals surface area contributed by atoms with Crippen molar-refractivity contribution in [2.45, 2.75) is 38.2 Å². The van der Waals surface area contributed by atoms with Gasteiger partial charge in [-0.25, -0.2) is 4.39 Å². The van der Waals surface area contributed by atoms with Gasteiger partial charge in [-0.05, 0) is 43.9 Å². The fraction of sp³-hybridized carbons (Fsp3) is 0.533. The lowest BCUT2D eigenvalue weighted by atomic mass is 9.95. The molecule has 1 aliphatic heterocycles. The second kappa shape index (κ2) is 5.70. The molecule has 1 atom stereocenters. The van der Waals surface area contributed by atoms with Gasteiger partial charge in [0.05, 0.1) is 5.60 Å². The third kappa shape index (κ3) is 4.03. The summed E-state index contributed by atoms with van der Waals surface area (Å²) in [7, 11) is 0. The molecule has 1 saturated heterocycles. The van der Waals surface area contributed by atoms with Gasteiger partial charge >= 0.3 is 0 Å². The van der Waals surface area contributed by atoms with Crippen LogP contribution < -0.4 is 0 Å². The topological polar surface area (TPSA) is 40.5 Å². The second-order valence-corrected chi connectivity index (χ2v) is 5.54. The third-order valence-corrected chi connectivity index (χ3v) is 3.57. The second-order valence-electron chi connectivity index (χ2n) is 5.54. The summed E-state index contributed by atoms with van der Waals surface area (Å²) in [5, 5.41) is 9.97. The molecular weight excluding hydrogens is 245 g/mol. The van der Waals surface area contributed by atoms with E-state index in [2.05, 4.69) is 0 Å². The van der Waals surface area contributed by atoms with Crippen molar-refractivity contribution in [3.05, 3.63) is 35.6 Å². The number of benzene rings is 1. The summed E-state index contributed by atoms with van der Waals surface area (Å²) in [6.45, 7) is 2.90. The number of likely N-dealkylation sites (tertiary alicyclic amines) is 1. The van der Waals surface area contributed by atoms with Crippen LogP contribution in [0.4, 0.5) is 4.39 Å². The van der Waals surface area contributed by atoms with Gasteiger partial charge in [0.1, 0.15) is 5.82 Å². The predicted molar refractivity (Wildman–Crippen MR) is 71.2 cm³/mol. The number of nitrogens with zero attached hydrogens (tertiary/aromatic N) is 1. The van der Waals surface area contributed by atoms with E-state index in [9.17, 15) is 14.3 Å². The predicted octanol–water partition coefficient (Wildman–Crippen LogP) is 2.13. The molecule has 0 saturated carbocycles. The van der Waals surface area contributed by atoms with Crippen LogP contribution in [0.5, 0.6) is 0 Å². The summed E-state index contributed by atoms with van der Waals surface area (Å²) in [6, 6.07) is 6.22. The number of carbonyl (C=O) groups excluding carboxylic acids is 1. The summed E-state index contributed by atoms with van der Waals surface area (Å²) >= 11 is 0. The van der Waals surface area contributed by atoms with Crippen LogP contribution in [0, 0.1) is 5.82 Å². The Morgan fingerprint density at radius 2 is 2.11 bits per heavy atom. The molecule has 0 aliphatic carbocycles. The van der Waals surface area contributed by atoms with E-state index >= 15 is 0 Å². The monoisotopic (exact) mass is 265 g/mol. The molecule has 0 radical (unpaired) electrons. The van der Waals surface area contributed by atoms with Gasteiger partial charge in [0.2, 0.25) is 5.91 Å². The first kappa shape index (κ1) is 14.0. The number of aliphatic hydroxyl groups is 1. The van der Waals surface area contributed by atoms with Crippen LogP contribution in [0.2, 0.25) is 0 Å². The molecule has 3 nitrogen and oxygen atoms in total. The molecule has 1 heterocycles. The fourth-order valence-electron chi connectivity index (χ4n) is 2.49. The molecule has 1 aliphatic rings. The van der Waals surface area contributed by atoms with Crippen LogP contribution >= 0.6 is 0 Å². The normalized spacial score (nSPS) is 23.4. The smallest absolute Gasteiger partial charge is 0.222 e. The molecule has 104 valence electrons. The first-order valence-electron chi connectivity index (χ1n) is 6.71. The van der Waals surface area contributed by atoms with Crippen molar-refractivity contribution in [2.24, 2.45) is 0 Å². The minimum absolute atomic E-state index is 0.0595. The van der Waals surface area contributed by atoms with Gasteiger partial charge in [-0.2, -0.15) is 0 Å². The van der Waals surface area contributed by atoms with E-state index in [4.69, 9.17) is 0 Å². The Bertz CT molecular complexity index is 442. The molecule has 0 aromatic heterocycles. The molecule has 4 heteroatoms. The van der Waals surface area contributed by atoms with E-state index in [0.29, 0.717) is 19.4 Å². The summed E-state index contributed by atoms with van der Waals surface area (Å²) in [5.74, 6) is -0.202. The quantitative estimate of drug-likeness (QED) is 0.909.